The third-order valence-electron chi connectivity index (χ3n) is 2.56. The quantitative estimate of drug-likeness (QED) is 0.552. The fourth-order valence-corrected chi connectivity index (χ4v) is 1.87. The van der Waals surface area contributed by atoms with Gasteiger partial charge in [-0.1, -0.05) is 18.2 Å². The Bertz CT molecular complexity index is 610. The van der Waals surface area contributed by atoms with Gasteiger partial charge in [0.15, 0.2) is 0 Å². The molecule has 0 unspecified atom stereocenters. The first-order valence-corrected chi connectivity index (χ1v) is 4.54. The number of nitrogens with one attached hydrogen (secondary N) is 1. The molecule has 1 heterocycles. The number of benzene rings is 2. The molecule has 0 atom stereocenters. The normalized spacial score (nSPS) is 11.1. The second-order valence-electron chi connectivity index (χ2n) is 3.38. The number of phenols is 1. The Morgan fingerprint density at radius 1 is 0.929 bits per heavy atom. The summed E-state index contributed by atoms with van der Waals surface area (Å²) in [6.45, 7) is 0. The van der Waals surface area contributed by atoms with Gasteiger partial charge in [0.05, 0.1) is 5.52 Å². The summed E-state index contributed by atoms with van der Waals surface area (Å²) >= 11 is 0. The highest BCUT2D eigenvalue weighted by atomic mass is 16.3. The summed E-state index contributed by atoms with van der Waals surface area (Å²) in [7, 11) is 0. The SMILES string of the molecule is Oc1cccc2c1ccc1cc[nH]c12. The van der Waals surface area contributed by atoms with Crippen LogP contribution in [0.4, 0.5) is 0 Å². The van der Waals surface area contributed by atoms with Crippen LogP contribution in [0.2, 0.25) is 0 Å². The number of hydrogen-bond acceptors (Lipinski definition) is 1. The van der Waals surface area contributed by atoms with Gasteiger partial charge in [0.1, 0.15) is 5.75 Å². The van der Waals surface area contributed by atoms with Crippen molar-refractivity contribution in [1.29, 1.82) is 0 Å². The summed E-state index contributed by atoms with van der Waals surface area (Å²) in [6.07, 6.45) is 1.91. The zero-order valence-corrected chi connectivity index (χ0v) is 7.49. The number of aromatic nitrogens is 1. The van der Waals surface area contributed by atoms with Crippen LogP contribution in [-0.2, 0) is 0 Å². The van der Waals surface area contributed by atoms with Crippen LogP contribution < -0.4 is 0 Å². The van der Waals surface area contributed by atoms with E-state index in [1.54, 1.807) is 6.07 Å². The molecule has 0 aliphatic heterocycles. The van der Waals surface area contributed by atoms with Crippen LogP contribution in [0, 0.1) is 0 Å². The van der Waals surface area contributed by atoms with Crippen LogP contribution in [0.5, 0.6) is 5.75 Å². The molecule has 1 aromatic heterocycles. The molecular formula is C12H9NO. The number of aromatic amines is 1. The molecule has 0 fully saturated rings. The number of H-pyrrole nitrogens is 1. The highest BCUT2D eigenvalue weighted by molar-refractivity contribution is 6.07. The molecule has 0 radical (unpaired) electrons. The van der Waals surface area contributed by atoms with Gasteiger partial charge in [0.2, 0.25) is 0 Å². The molecule has 2 N–H and O–H groups in total. The third-order valence-corrected chi connectivity index (χ3v) is 2.56. The molecule has 68 valence electrons. The van der Waals surface area contributed by atoms with Crippen LogP contribution in [0.25, 0.3) is 21.7 Å². The number of rotatable bonds is 0. The highest BCUT2D eigenvalue weighted by Gasteiger charge is 2.03. The molecule has 14 heavy (non-hydrogen) atoms. The smallest absolute Gasteiger partial charge is 0.123 e. The summed E-state index contributed by atoms with van der Waals surface area (Å²) in [6, 6.07) is 11.6. The lowest BCUT2D eigenvalue weighted by atomic mass is 10.1. The number of aromatic hydroxyl groups is 1. The average Bonchev–Trinajstić information content (AvgIpc) is 2.66. The third kappa shape index (κ3) is 0.852. The molecule has 0 saturated carbocycles. The molecule has 0 aliphatic rings. The Morgan fingerprint density at radius 3 is 2.79 bits per heavy atom. The fourth-order valence-electron chi connectivity index (χ4n) is 1.87. The molecule has 3 aromatic rings. The number of phenolic OH excluding ortho intramolecular Hbond substituents is 1. The second kappa shape index (κ2) is 2.51. The molecule has 0 bridgehead atoms. The molecule has 2 aromatic carbocycles. The van der Waals surface area contributed by atoms with Gasteiger partial charge in [-0.15, -0.1) is 0 Å². The topological polar surface area (TPSA) is 36.0 Å². The summed E-state index contributed by atoms with van der Waals surface area (Å²) in [5, 5.41) is 12.8. The van der Waals surface area contributed by atoms with Crippen molar-refractivity contribution in [3.05, 3.63) is 42.6 Å². The zero-order valence-electron chi connectivity index (χ0n) is 7.49. The maximum Gasteiger partial charge on any atom is 0.123 e. The number of fused-ring (bicyclic) bond motifs is 3. The Morgan fingerprint density at radius 2 is 1.86 bits per heavy atom. The van der Waals surface area contributed by atoms with E-state index >= 15 is 0 Å². The van der Waals surface area contributed by atoms with E-state index in [-0.39, 0.29) is 0 Å². The van der Waals surface area contributed by atoms with Crippen LogP contribution in [0.1, 0.15) is 0 Å². The van der Waals surface area contributed by atoms with Crippen LogP contribution in [0.15, 0.2) is 42.6 Å². The Balaban J connectivity index is 2.64. The Labute approximate surface area is 80.8 Å². The minimum Gasteiger partial charge on any atom is -0.507 e. The van der Waals surface area contributed by atoms with E-state index < -0.39 is 0 Å². The lowest BCUT2D eigenvalue weighted by Gasteiger charge is -2.01. The predicted molar refractivity (Wildman–Crippen MR) is 57.5 cm³/mol. The molecule has 0 spiro atoms. The fraction of sp³-hybridized carbons (Fsp3) is 0. The second-order valence-corrected chi connectivity index (χ2v) is 3.38. The van der Waals surface area contributed by atoms with Crippen LogP contribution >= 0.6 is 0 Å². The zero-order chi connectivity index (χ0) is 9.54. The van der Waals surface area contributed by atoms with Crippen molar-refractivity contribution < 1.29 is 5.11 Å². The van der Waals surface area contributed by atoms with Crippen molar-refractivity contribution in [1.82, 2.24) is 4.98 Å². The van der Waals surface area contributed by atoms with Gasteiger partial charge in [-0.3, -0.25) is 0 Å². The minimum absolute atomic E-state index is 0.332. The maximum atomic E-state index is 9.65. The molecule has 2 heteroatoms. The lowest BCUT2D eigenvalue weighted by Crippen LogP contribution is -1.75. The first kappa shape index (κ1) is 7.44. The summed E-state index contributed by atoms with van der Waals surface area (Å²) in [4.78, 5) is 3.18. The average molecular weight is 183 g/mol. The van der Waals surface area contributed by atoms with E-state index in [0.717, 1.165) is 16.3 Å². The van der Waals surface area contributed by atoms with E-state index in [9.17, 15) is 5.11 Å². The van der Waals surface area contributed by atoms with E-state index in [1.807, 2.05) is 36.5 Å². The minimum atomic E-state index is 0.332. The monoisotopic (exact) mass is 183 g/mol. The summed E-state index contributed by atoms with van der Waals surface area (Å²) < 4.78 is 0. The lowest BCUT2D eigenvalue weighted by molar-refractivity contribution is 0.481. The van der Waals surface area contributed by atoms with Crippen LogP contribution in [-0.4, -0.2) is 10.1 Å². The standard InChI is InChI=1S/C12H9NO/c14-11-3-1-2-10-9(11)5-4-8-6-7-13-12(8)10/h1-7,13-14H. The van der Waals surface area contributed by atoms with Crippen molar-refractivity contribution in [2.75, 3.05) is 0 Å². The van der Waals surface area contributed by atoms with E-state index in [2.05, 4.69) is 4.98 Å². The predicted octanol–water partition coefficient (Wildman–Crippen LogP) is 3.03. The largest absolute Gasteiger partial charge is 0.507 e. The van der Waals surface area contributed by atoms with Gasteiger partial charge < -0.3 is 10.1 Å². The van der Waals surface area contributed by atoms with Crippen molar-refractivity contribution in [3.63, 3.8) is 0 Å². The molecule has 0 amide bonds. The maximum absolute atomic E-state index is 9.65. The van der Waals surface area contributed by atoms with Gasteiger partial charge in [-0.2, -0.15) is 0 Å². The van der Waals surface area contributed by atoms with Crippen molar-refractivity contribution in [2.24, 2.45) is 0 Å². The van der Waals surface area contributed by atoms with Gasteiger partial charge >= 0.3 is 0 Å². The van der Waals surface area contributed by atoms with Crippen molar-refractivity contribution >= 4 is 21.7 Å². The Kier molecular flexibility index (Phi) is 1.34. The van der Waals surface area contributed by atoms with Crippen molar-refractivity contribution in [3.8, 4) is 5.75 Å². The highest BCUT2D eigenvalue weighted by Crippen LogP contribution is 2.29. The molecule has 3 rings (SSSR count). The van der Waals surface area contributed by atoms with Gasteiger partial charge in [0.25, 0.3) is 0 Å². The van der Waals surface area contributed by atoms with E-state index in [1.165, 1.54) is 5.39 Å². The first-order chi connectivity index (χ1) is 6.86. The summed E-state index contributed by atoms with van der Waals surface area (Å²) in [5.74, 6) is 0.332. The molecule has 2 nitrogen and oxygen atoms in total. The van der Waals surface area contributed by atoms with E-state index in [0.29, 0.717) is 5.75 Å². The Hall–Kier alpha value is -1.96. The summed E-state index contributed by atoms with van der Waals surface area (Å²) in [5.41, 5.74) is 1.08. The number of hydrogen-bond donors (Lipinski definition) is 2. The van der Waals surface area contributed by atoms with Gasteiger partial charge in [-0.05, 0) is 18.2 Å². The first-order valence-electron chi connectivity index (χ1n) is 4.54. The molecule has 0 aliphatic carbocycles. The molecule has 0 saturated heterocycles. The molecular weight excluding hydrogens is 174 g/mol. The van der Waals surface area contributed by atoms with Gasteiger partial charge in [0, 0.05) is 22.4 Å². The van der Waals surface area contributed by atoms with Crippen molar-refractivity contribution in [2.45, 2.75) is 0 Å². The van der Waals surface area contributed by atoms with E-state index in [4.69, 9.17) is 0 Å². The van der Waals surface area contributed by atoms with Crippen LogP contribution in [0.3, 0.4) is 0 Å². The van der Waals surface area contributed by atoms with Gasteiger partial charge in [-0.25, -0.2) is 0 Å².